The van der Waals surface area contributed by atoms with Crippen molar-refractivity contribution in [1.29, 1.82) is 0 Å². The number of nitro benzene ring substituents is 1. The minimum Gasteiger partial charge on any atom is -0.336 e. The fraction of sp³-hybridized carbons (Fsp3) is 0.263. The van der Waals surface area contributed by atoms with Crippen LogP contribution in [0.15, 0.2) is 48.5 Å². The number of carbonyl (C=O) groups is 2. The van der Waals surface area contributed by atoms with Crippen LogP contribution in [-0.4, -0.2) is 35.2 Å². The molecule has 0 atom stereocenters. The summed E-state index contributed by atoms with van der Waals surface area (Å²) in [6, 6.07) is 13.6. The number of carbonyl (C=O) groups excluding carboxylic acids is 2. The van der Waals surface area contributed by atoms with Crippen molar-refractivity contribution in [2.24, 2.45) is 0 Å². The Morgan fingerprint density at radius 3 is 2.35 bits per heavy atom. The van der Waals surface area contributed by atoms with Gasteiger partial charge in [0.2, 0.25) is 11.8 Å². The molecule has 2 rings (SSSR count). The van der Waals surface area contributed by atoms with Crippen LogP contribution in [0.3, 0.4) is 0 Å². The molecule has 26 heavy (non-hydrogen) atoms. The predicted molar refractivity (Wildman–Crippen MR) is 98.9 cm³/mol. The van der Waals surface area contributed by atoms with E-state index in [1.807, 2.05) is 31.2 Å². The monoisotopic (exact) mass is 355 g/mol. The summed E-state index contributed by atoms with van der Waals surface area (Å²) >= 11 is 0. The maximum Gasteiger partial charge on any atom is 0.273 e. The molecule has 0 fully saturated rings. The van der Waals surface area contributed by atoms with E-state index in [-0.39, 0.29) is 30.5 Å². The minimum absolute atomic E-state index is 0.101. The molecule has 0 radical (unpaired) electrons. The second-order valence-electron chi connectivity index (χ2n) is 5.87. The van der Waals surface area contributed by atoms with Crippen molar-refractivity contribution < 1.29 is 14.5 Å². The summed E-state index contributed by atoms with van der Waals surface area (Å²) in [4.78, 5) is 36.3. The molecule has 0 unspecified atom stereocenters. The predicted octanol–water partition coefficient (Wildman–Crippen LogP) is 2.80. The molecular weight excluding hydrogens is 334 g/mol. The fourth-order valence-electron chi connectivity index (χ4n) is 2.58. The first-order chi connectivity index (χ1) is 12.4. The average Bonchev–Trinajstić information content (AvgIpc) is 2.62. The van der Waals surface area contributed by atoms with E-state index in [1.54, 1.807) is 18.2 Å². The van der Waals surface area contributed by atoms with E-state index in [2.05, 4.69) is 5.32 Å². The van der Waals surface area contributed by atoms with Crippen molar-refractivity contribution in [2.45, 2.75) is 19.8 Å². The summed E-state index contributed by atoms with van der Waals surface area (Å²) in [5.74, 6) is -0.678. The van der Waals surface area contributed by atoms with Gasteiger partial charge in [-0.3, -0.25) is 19.7 Å². The molecule has 0 aromatic heterocycles. The summed E-state index contributed by atoms with van der Waals surface area (Å²) in [7, 11) is 1.50. The second kappa shape index (κ2) is 8.75. The number of likely N-dealkylation sites (N-methyl/N-ethyl adjacent to an activating group) is 1. The van der Waals surface area contributed by atoms with Crippen LogP contribution in [0.2, 0.25) is 0 Å². The van der Waals surface area contributed by atoms with Crippen LogP contribution in [0.25, 0.3) is 0 Å². The van der Waals surface area contributed by atoms with E-state index in [1.165, 1.54) is 18.0 Å². The zero-order valence-electron chi connectivity index (χ0n) is 14.8. The van der Waals surface area contributed by atoms with Gasteiger partial charge in [0.25, 0.3) is 5.69 Å². The van der Waals surface area contributed by atoms with Gasteiger partial charge in [0.1, 0.15) is 0 Å². The van der Waals surface area contributed by atoms with Crippen LogP contribution in [0.5, 0.6) is 0 Å². The molecule has 0 aliphatic carbocycles. The van der Waals surface area contributed by atoms with E-state index in [0.29, 0.717) is 5.56 Å². The van der Waals surface area contributed by atoms with E-state index in [9.17, 15) is 19.7 Å². The highest BCUT2D eigenvalue weighted by Crippen LogP contribution is 2.19. The Hall–Kier alpha value is -3.22. The highest BCUT2D eigenvalue weighted by Gasteiger charge is 2.19. The molecule has 0 aliphatic heterocycles. The number of nitrogens with zero attached hydrogens (tertiary/aromatic N) is 2. The van der Waals surface area contributed by atoms with Crippen LogP contribution in [0.1, 0.15) is 18.1 Å². The van der Waals surface area contributed by atoms with Gasteiger partial charge < -0.3 is 10.2 Å². The molecule has 0 bridgehead atoms. The molecule has 0 spiro atoms. The highest BCUT2D eigenvalue weighted by molar-refractivity contribution is 5.95. The van der Waals surface area contributed by atoms with Gasteiger partial charge in [0.15, 0.2) is 0 Å². The van der Waals surface area contributed by atoms with Gasteiger partial charge in [-0.15, -0.1) is 0 Å². The van der Waals surface area contributed by atoms with Gasteiger partial charge in [-0.25, -0.2) is 0 Å². The molecule has 2 amide bonds. The number of aryl methyl sites for hydroxylation is 1. The molecule has 0 saturated heterocycles. The van der Waals surface area contributed by atoms with E-state index >= 15 is 0 Å². The number of nitrogens with one attached hydrogen (secondary N) is 1. The number of rotatable bonds is 7. The number of hydrogen-bond acceptors (Lipinski definition) is 4. The molecule has 2 aromatic rings. The number of hydrogen-bond donors (Lipinski definition) is 1. The quantitative estimate of drug-likeness (QED) is 0.610. The SMILES string of the molecule is CCc1ccccc1NC(=O)CN(C)C(=O)Cc1ccccc1[N+](=O)[O-]. The normalized spacial score (nSPS) is 10.2. The van der Waals surface area contributed by atoms with Crippen molar-refractivity contribution in [3.05, 3.63) is 69.8 Å². The Morgan fingerprint density at radius 2 is 1.69 bits per heavy atom. The zero-order valence-corrected chi connectivity index (χ0v) is 14.8. The number of nitro groups is 1. The standard InChI is InChI=1S/C19H21N3O4/c1-3-14-8-4-6-10-16(14)20-18(23)13-21(2)19(24)12-15-9-5-7-11-17(15)22(25)26/h4-11H,3,12-13H2,1-2H3,(H,20,23). The van der Waals surface area contributed by atoms with Crippen LogP contribution < -0.4 is 5.32 Å². The third-order valence-electron chi connectivity index (χ3n) is 4.01. The van der Waals surface area contributed by atoms with Crippen LogP contribution >= 0.6 is 0 Å². The molecule has 0 saturated carbocycles. The Labute approximate surface area is 151 Å². The maximum absolute atomic E-state index is 12.3. The van der Waals surface area contributed by atoms with Crippen molar-refractivity contribution in [3.63, 3.8) is 0 Å². The van der Waals surface area contributed by atoms with Gasteiger partial charge >= 0.3 is 0 Å². The minimum atomic E-state index is -0.517. The maximum atomic E-state index is 12.3. The molecule has 2 aromatic carbocycles. The van der Waals surface area contributed by atoms with Crippen molar-refractivity contribution in [2.75, 3.05) is 18.9 Å². The number of amides is 2. The van der Waals surface area contributed by atoms with Crippen molar-refractivity contribution in [1.82, 2.24) is 4.90 Å². The van der Waals surface area contributed by atoms with Crippen LogP contribution in [-0.2, 0) is 22.4 Å². The summed E-state index contributed by atoms with van der Waals surface area (Å²) < 4.78 is 0. The fourth-order valence-corrected chi connectivity index (χ4v) is 2.58. The summed E-state index contributed by atoms with van der Waals surface area (Å²) in [5, 5.41) is 13.8. The second-order valence-corrected chi connectivity index (χ2v) is 5.87. The molecule has 7 heteroatoms. The molecule has 1 N–H and O–H groups in total. The first-order valence-corrected chi connectivity index (χ1v) is 8.26. The number of benzene rings is 2. The first-order valence-electron chi connectivity index (χ1n) is 8.26. The third-order valence-corrected chi connectivity index (χ3v) is 4.01. The summed E-state index contributed by atoms with van der Waals surface area (Å²) in [5.41, 5.74) is 1.95. The third kappa shape index (κ3) is 4.89. The molecule has 0 heterocycles. The Bertz CT molecular complexity index is 820. The van der Waals surface area contributed by atoms with Crippen molar-refractivity contribution in [3.8, 4) is 0 Å². The lowest BCUT2D eigenvalue weighted by atomic mass is 10.1. The van der Waals surface area contributed by atoms with E-state index < -0.39 is 4.92 Å². The van der Waals surface area contributed by atoms with Gasteiger partial charge in [-0.1, -0.05) is 43.3 Å². The van der Waals surface area contributed by atoms with Crippen molar-refractivity contribution >= 4 is 23.2 Å². The first kappa shape index (κ1) is 19.1. The highest BCUT2D eigenvalue weighted by atomic mass is 16.6. The lowest BCUT2D eigenvalue weighted by molar-refractivity contribution is -0.385. The van der Waals surface area contributed by atoms with Crippen LogP contribution in [0, 0.1) is 10.1 Å². The lowest BCUT2D eigenvalue weighted by Gasteiger charge is -2.17. The molecular formula is C19H21N3O4. The largest absolute Gasteiger partial charge is 0.336 e. The number of para-hydroxylation sites is 2. The smallest absolute Gasteiger partial charge is 0.273 e. The van der Waals surface area contributed by atoms with Crippen LogP contribution in [0.4, 0.5) is 11.4 Å². The molecule has 136 valence electrons. The summed E-state index contributed by atoms with van der Waals surface area (Å²) in [6.07, 6.45) is 0.648. The van der Waals surface area contributed by atoms with E-state index in [4.69, 9.17) is 0 Å². The zero-order chi connectivity index (χ0) is 19.1. The van der Waals surface area contributed by atoms with Gasteiger partial charge in [-0.05, 0) is 18.1 Å². The topological polar surface area (TPSA) is 92.6 Å². The number of anilines is 1. The molecule has 7 nitrogen and oxygen atoms in total. The molecule has 0 aliphatic rings. The summed E-state index contributed by atoms with van der Waals surface area (Å²) in [6.45, 7) is 1.87. The van der Waals surface area contributed by atoms with E-state index in [0.717, 1.165) is 17.7 Å². The van der Waals surface area contributed by atoms with Gasteiger partial charge in [-0.2, -0.15) is 0 Å². The average molecular weight is 355 g/mol. The Balaban J connectivity index is 1.99. The lowest BCUT2D eigenvalue weighted by Crippen LogP contribution is -2.36. The Morgan fingerprint density at radius 1 is 1.08 bits per heavy atom. The van der Waals surface area contributed by atoms with Gasteiger partial charge in [0, 0.05) is 24.4 Å². The Kier molecular flexibility index (Phi) is 6.43. The van der Waals surface area contributed by atoms with Gasteiger partial charge in [0.05, 0.1) is 17.9 Å².